The van der Waals surface area contributed by atoms with Gasteiger partial charge in [-0.15, -0.1) is 32.9 Å². The van der Waals surface area contributed by atoms with Crippen molar-refractivity contribution in [2.75, 3.05) is 79.3 Å². The van der Waals surface area contributed by atoms with Crippen molar-refractivity contribution in [2.24, 2.45) is 35.5 Å². The topological polar surface area (TPSA) is 111 Å². The zero-order valence-electron chi connectivity index (χ0n) is 95.1. The third kappa shape index (κ3) is 52.7. The van der Waals surface area contributed by atoms with Crippen molar-refractivity contribution in [3.63, 3.8) is 0 Å². The Labute approximate surface area is 905 Å². The second-order valence-electron chi connectivity index (χ2n) is 38.1. The summed E-state index contributed by atoms with van der Waals surface area (Å²) >= 11 is 0. The predicted octanol–water partition coefficient (Wildman–Crippen LogP) is 37.7. The summed E-state index contributed by atoms with van der Waals surface area (Å²) < 4.78 is 86.8. The first-order valence-electron chi connectivity index (χ1n) is 57.4. The minimum absolute atomic E-state index is 0.0460. The highest BCUT2D eigenvalue weighted by Gasteiger charge is 2.65. The Hall–Kier alpha value is -7.41. The molecule has 0 amide bonds. The summed E-state index contributed by atoms with van der Waals surface area (Å²) in [6.45, 7) is 69.6. The molecule has 0 fully saturated rings. The number of benzene rings is 4. The summed E-state index contributed by atoms with van der Waals surface area (Å²) in [5.74, 6) is 1.42. The molecule has 0 heterocycles. The van der Waals surface area contributed by atoms with Gasteiger partial charge in [0.05, 0.1) is 0 Å². The van der Waals surface area contributed by atoms with E-state index in [0.29, 0.717) is 92.1 Å². The molecule has 0 radical (unpaired) electrons. The molecule has 14 atom stereocenters. The quantitative estimate of drug-likeness (QED) is 0.0182. The lowest BCUT2D eigenvalue weighted by Gasteiger charge is -2.47. The zero-order valence-corrected chi connectivity index (χ0v) is 99.1. The van der Waals surface area contributed by atoms with Gasteiger partial charge in [-0.3, -0.25) is 0 Å². The maximum Gasteiger partial charge on any atom is 0.504 e. The van der Waals surface area contributed by atoms with Crippen LogP contribution in [0.4, 0.5) is 0 Å². The Morgan fingerprint density at radius 1 is 0.231 bits per heavy atom. The van der Waals surface area contributed by atoms with Gasteiger partial charge in [0.1, 0.15) is 0 Å². The molecule has 0 aromatic heterocycles. The lowest BCUT2D eigenvalue weighted by molar-refractivity contribution is 0.0267. The molecule has 0 saturated heterocycles. The van der Waals surface area contributed by atoms with Crippen LogP contribution in [0.2, 0.25) is 22.2 Å². The Morgan fingerprint density at radius 2 is 0.415 bits per heavy atom. The van der Waals surface area contributed by atoms with Gasteiger partial charge in [-0.05, 0) is 343 Å². The third-order valence-corrected chi connectivity index (χ3v) is 42.4. The van der Waals surface area contributed by atoms with Gasteiger partial charge in [0, 0.05) is 107 Å². The summed E-state index contributed by atoms with van der Waals surface area (Å²) in [7, 11) is -14.7. The predicted molar refractivity (Wildman–Crippen MR) is 643 cm³/mol. The minimum Gasteiger partial charge on any atom is -0.374 e. The van der Waals surface area contributed by atoms with Crippen molar-refractivity contribution >= 4 is 35.2 Å². The van der Waals surface area contributed by atoms with Gasteiger partial charge in [0.25, 0.3) is 0 Å². The molecule has 0 bridgehead atoms. The molecule has 14 unspecified atom stereocenters. The van der Waals surface area contributed by atoms with Crippen LogP contribution >= 0.6 is 0 Å². The maximum absolute atomic E-state index is 7.85. The highest BCUT2D eigenvalue weighted by Crippen LogP contribution is 2.58. The largest absolute Gasteiger partial charge is 0.504 e. The summed E-state index contributed by atoms with van der Waals surface area (Å²) in [5, 5.41) is 0. The van der Waals surface area contributed by atoms with Crippen LogP contribution in [-0.4, -0.2) is 115 Å². The van der Waals surface area contributed by atoms with E-state index in [1.54, 1.807) is 0 Å². The highest BCUT2D eigenvalue weighted by molar-refractivity contribution is 6.70. The molecular weight excluding hydrogens is 1880 g/mol. The van der Waals surface area contributed by atoms with E-state index >= 15 is 0 Å². The van der Waals surface area contributed by atoms with Crippen LogP contribution in [0.3, 0.4) is 0 Å². The van der Waals surface area contributed by atoms with E-state index in [9.17, 15) is 0 Å². The van der Waals surface area contributed by atoms with Crippen molar-refractivity contribution < 1.29 is 53.1 Å². The summed E-state index contributed by atoms with van der Waals surface area (Å²) in [6, 6.07) is 44.1. The molecule has 818 valence electrons. The van der Waals surface area contributed by atoms with Crippen molar-refractivity contribution in [3.8, 4) is 0 Å². The third-order valence-electron chi connectivity index (χ3n) is 27.4. The fourth-order valence-electron chi connectivity index (χ4n) is 20.3. The van der Waals surface area contributed by atoms with Crippen LogP contribution in [-0.2, 0) is 53.1 Å². The minimum atomic E-state index is -3.91. The van der Waals surface area contributed by atoms with Gasteiger partial charge in [-0.2, -0.15) is 0 Å². The van der Waals surface area contributed by atoms with E-state index in [1.807, 2.05) is 12.2 Å². The molecule has 0 N–H and O–H groups in total. The van der Waals surface area contributed by atoms with Crippen molar-refractivity contribution in [1.29, 1.82) is 0 Å². The molecule has 16 heteroatoms. The molecule has 147 heavy (non-hydrogen) atoms. The number of rotatable bonds is 91. The van der Waals surface area contributed by atoms with Crippen LogP contribution in [0.25, 0.3) is 0 Å². The first kappa shape index (κ1) is 134. The lowest BCUT2D eigenvalue weighted by atomic mass is 9.81. The van der Waals surface area contributed by atoms with Crippen molar-refractivity contribution in [1.82, 2.24) is 0 Å². The van der Waals surface area contributed by atoms with Gasteiger partial charge in [-0.1, -0.05) is 339 Å². The van der Waals surface area contributed by atoms with Crippen LogP contribution in [0, 0.1) is 35.5 Å². The molecule has 0 aliphatic heterocycles. The molecule has 0 aliphatic rings. The van der Waals surface area contributed by atoms with E-state index < -0.39 is 35.2 Å². The summed E-state index contributed by atoms with van der Waals surface area (Å²) in [6.07, 6.45) is 90.0. The van der Waals surface area contributed by atoms with E-state index in [0.717, 1.165) is 179 Å². The van der Waals surface area contributed by atoms with E-state index in [-0.39, 0.29) is 81.3 Å². The van der Waals surface area contributed by atoms with Crippen LogP contribution < -0.4 is 0 Å². The molecule has 4 aromatic carbocycles. The highest BCUT2D eigenvalue weighted by atomic mass is 28.4. The summed E-state index contributed by atoms with van der Waals surface area (Å²) in [5.41, 5.74) is 4.96. The monoisotopic (exact) mass is 2080 g/mol. The van der Waals surface area contributed by atoms with Gasteiger partial charge >= 0.3 is 35.2 Å². The van der Waals surface area contributed by atoms with E-state index in [4.69, 9.17) is 59.7 Å². The smallest absolute Gasteiger partial charge is 0.374 e. The van der Waals surface area contributed by atoms with Crippen LogP contribution in [0.1, 0.15) is 343 Å². The molecule has 0 spiro atoms. The first-order valence-corrected chi connectivity index (χ1v) is 64.6. The van der Waals surface area contributed by atoms with Gasteiger partial charge in [0.15, 0.2) is 0 Å². The van der Waals surface area contributed by atoms with Crippen LogP contribution in [0.5, 0.6) is 0 Å². The first-order chi connectivity index (χ1) is 71.9. The Balaban J connectivity index is 0.000000781. The fraction of sp³-hybridized carbons (Fsp3) is 0.542. The Kier molecular flexibility index (Phi) is 78.3. The second kappa shape index (κ2) is 86.1. The average Bonchev–Trinajstić information content (AvgIpc) is 0.757. The van der Waals surface area contributed by atoms with Gasteiger partial charge < -0.3 is 53.1 Å². The van der Waals surface area contributed by atoms with Crippen molar-refractivity contribution in [2.45, 2.75) is 343 Å². The average molecular weight is 2090 g/mol. The number of hydrogen-bond acceptors (Lipinski definition) is 12. The van der Waals surface area contributed by atoms with Gasteiger partial charge in [0.2, 0.25) is 0 Å². The lowest BCUT2D eigenvalue weighted by Crippen LogP contribution is -2.60. The molecule has 4 aromatic rings. The Bertz CT molecular complexity index is 4150. The zero-order chi connectivity index (χ0) is 107. The molecule has 4 rings (SSSR count). The summed E-state index contributed by atoms with van der Waals surface area (Å²) in [4.78, 5) is 0. The standard InChI is InChI=1S/C75H116O6Si2.C56H90O6Si2/c1-14-26-30-33-36-39-44-52-66(18-5)59-71(69-55-47-42-48-56-69)62-74(82(76-21-8,77-22-9)78-23-10)75(63-72(70-57-49-43-50-58-70)60-67(19-6)53-45-40-37-34-31-27-15-2)83(79-24-11,80-25-12)81-64-73(65(13)51-29-17-4)61-68(20-7)54-46-41-38-35-32-28-16-3;1-11-21-23-25-27-29-33-39-49(13-3)45-53(51-41-35-31-36-42-51)47-55(63(57-15-5,58-16-6)59-17-7)56(64(60-18-8,61-19-9)62-20-10)48-54(52-43-37-32-38-44-52)46-50(14-4)40-34-30-28-26-24-22-12-2/h17-20,26-32,39-51,55-58,66-68,71-75H,4-7,13-16,21-25,33-38,52-54,59-64H2,1-3,8-12H3;13-14,21-24,29-38,41-44,49-50,53-56H,3-4,11-12,15-20,25-28,39-40,45-48H2,1-2,5-10H3/b30-26-,31-27-,32-28-,44-39+,45-40+,46-41+,51-29-;23-21-,24-22-,33-29+,34-30+. The maximum atomic E-state index is 7.85. The molecule has 0 aliphatic carbocycles. The number of unbranched alkanes of at least 4 members (excludes halogenated alkanes) is 5. The fourth-order valence-corrected chi connectivity index (χ4v) is 36.0. The molecular formula is C131H206O12Si4. The second-order valence-corrected chi connectivity index (χ2v) is 49.4. The number of hydrogen-bond donors (Lipinski definition) is 0. The van der Waals surface area contributed by atoms with E-state index in [2.05, 4.69) is 430 Å². The van der Waals surface area contributed by atoms with Gasteiger partial charge in [-0.25, -0.2) is 0 Å². The molecule has 12 nitrogen and oxygen atoms in total. The van der Waals surface area contributed by atoms with Crippen molar-refractivity contribution in [3.05, 3.63) is 365 Å². The Morgan fingerprint density at radius 3 is 0.592 bits per heavy atom. The van der Waals surface area contributed by atoms with Crippen LogP contribution in [0.15, 0.2) is 343 Å². The van der Waals surface area contributed by atoms with E-state index in [1.165, 1.54) is 22.3 Å². The molecule has 0 saturated carbocycles. The number of allylic oxidation sites excluding steroid dienone is 28. The normalized spacial score (nSPS) is 15.6. The SMILES string of the molecule is C=C/C=C\C(=C)C(CO[Si](OCC)(OCC)C(CC(CC(C=C)C/C=C/CC/C=C\CC)c1ccccc1)C(CC(CC(C=C)C/C=C/CC/C=C\CC)c1ccccc1)[Si](OCC)(OCC)OCC)CC(C=C)C/C=C/CC/C=C\CC.C=CC(C/C=C/CC/C=C\CC)CC(CC(C(CC(CC(C=C)C/C=C/CC/C=C\CC)c1ccccc1)[Si](OCC)(OCC)OCC)[Si](OCC)(OCC)OCC)c1ccccc1.